The monoisotopic (exact) mass is 308 g/mol. The first-order valence-electron chi connectivity index (χ1n) is 7.37. The van der Waals surface area contributed by atoms with Crippen LogP contribution in [0.1, 0.15) is 30.4 Å². The highest BCUT2D eigenvalue weighted by Gasteiger charge is 2.24. The third-order valence-electron chi connectivity index (χ3n) is 3.87. The summed E-state index contributed by atoms with van der Waals surface area (Å²) in [5.41, 5.74) is 0.921. The molecule has 1 aromatic heterocycles. The van der Waals surface area contributed by atoms with Crippen molar-refractivity contribution in [3.8, 4) is 5.75 Å². The molecule has 0 radical (unpaired) electrons. The fraction of sp³-hybridized carbons (Fsp3) is 0.158. The van der Waals surface area contributed by atoms with Crippen molar-refractivity contribution in [1.82, 2.24) is 0 Å². The summed E-state index contributed by atoms with van der Waals surface area (Å²) in [6, 6.07) is 16.4. The van der Waals surface area contributed by atoms with E-state index < -0.39 is 17.3 Å². The number of ketones is 1. The molecule has 1 N–H and O–H groups in total. The van der Waals surface area contributed by atoms with E-state index in [-0.39, 0.29) is 12.2 Å². The average Bonchev–Trinajstić information content (AvgIpc) is 2.55. The molecule has 1 atom stereocenters. The molecule has 3 rings (SSSR count). The van der Waals surface area contributed by atoms with Gasteiger partial charge in [0.2, 0.25) is 5.75 Å². The van der Waals surface area contributed by atoms with Crippen molar-refractivity contribution in [3.05, 3.63) is 76.1 Å². The van der Waals surface area contributed by atoms with Crippen LogP contribution in [-0.2, 0) is 4.79 Å². The fourth-order valence-corrected chi connectivity index (χ4v) is 2.88. The number of hydrogen-bond donors (Lipinski definition) is 1. The van der Waals surface area contributed by atoms with Crippen LogP contribution in [0.5, 0.6) is 5.75 Å². The molecular formula is C19H16O4. The van der Waals surface area contributed by atoms with E-state index in [9.17, 15) is 14.7 Å². The second kappa shape index (κ2) is 6.08. The molecule has 2 aromatic carbocycles. The molecule has 0 spiro atoms. The molecule has 0 saturated carbocycles. The zero-order valence-electron chi connectivity index (χ0n) is 12.7. The van der Waals surface area contributed by atoms with Gasteiger partial charge in [-0.3, -0.25) is 4.79 Å². The normalized spacial score (nSPS) is 12.2. The summed E-state index contributed by atoms with van der Waals surface area (Å²) in [6.07, 6.45) is 0.199. The Morgan fingerprint density at radius 3 is 2.43 bits per heavy atom. The number of hydrogen-bond acceptors (Lipinski definition) is 4. The van der Waals surface area contributed by atoms with Gasteiger partial charge < -0.3 is 9.52 Å². The van der Waals surface area contributed by atoms with Gasteiger partial charge in [0.25, 0.3) is 0 Å². The van der Waals surface area contributed by atoms with E-state index in [1.165, 1.54) is 6.92 Å². The molecule has 0 saturated heterocycles. The number of Topliss-reactive ketones (excluding diaryl/α,β-unsaturated/α-hetero) is 1. The topological polar surface area (TPSA) is 67.5 Å². The molecule has 0 aliphatic rings. The maximum atomic E-state index is 12.0. The maximum absolute atomic E-state index is 12.0. The molecule has 3 aromatic rings. The molecule has 0 aliphatic carbocycles. The highest BCUT2D eigenvalue weighted by Crippen LogP contribution is 2.37. The van der Waals surface area contributed by atoms with Crippen molar-refractivity contribution < 1.29 is 14.3 Å². The van der Waals surface area contributed by atoms with Crippen LogP contribution in [-0.4, -0.2) is 10.9 Å². The number of rotatable bonds is 4. The lowest BCUT2D eigenvalue weighted by Gasteiger charge is -2.19. The van der Waals surface area contributed by atoms with Gasteiger partial charge in [-0.1, -0.05) is 48.5 Å². The quantitative estimate of drug-likeness (QED) is 0.748. The van der Waals surface area contributed by atoms with Crippen LogP contribution < -0.4 is 5.63 Å². The van der Waals surface area contributed by atoms with Crippen LogP contribution in [0.25, 0.3) is 11.0 Å². The molecule has 1 heterocycles. The Morgan fingerprint density at radius 1 is 1.09 bits per heavy atom. The summed E-state index contributed by atoms with van der Waals surface area (Å²) < 4.78 is 5.13. The number of para-hydroxylation sites is 1. The largest absolute Gasteiger partial charge is 0.502 e. The van der Waals surface area contributed by atoms with E-state index in [1.807, 2.05) is 30.3 Å². The summed E-state index contributed by atoms with van der Waals surface area (Å²) in [5.74, 6) is -0.850. The summed E-state index contributed by atoms with van der Waals surface area (Å²) in [5, 5.41) is 11.0. The highest BCUT2D eigenvalue weighted by atomic mass is 16.4. The second-order valence-electron chi connectivity index (χ2n) is 5.52. The van der Waals surface area contributed by atoms with Crippen LogP contribution in [0.15, 0.2) is 63.8 Å². The van der Waals surface area contributed by atoms with Gasteiger partial charge in [0.15, 0.2) is 0 Å². The number of fused-ring (bicyclic) bond motifs is 1. The van der Waals surface area contributed by atoms with Crippen molar-refractivity contribution in [2.45, 2.75) is 19.3 Å². The van der Waals surface area contributed by atoms with Gasteiger partial charge in [0.1, 0.15) is 11.4 Å². The SMILES string of the molecule is CC(=O)CC(c1ccccc1)c1c(O)c(=O)oc2ccccc12. The van der Waals surface area contributed by atoms with Crippen molar-refractivity contribution in [3.63, 3.8) is 0 Å². The van der Waals surface area contributed by atoms with Crippen molar-refractivity contribution >= 4 is 16.8 Å². The number of carbonyl (C=O) groups excluding carboxylic acids is 1. The lowest BCUT2D eigenvalue weighted by molar-refractivity contribution is -0.117. The predicted molar refractivity (Wildman–Crippen MR) is 87.7 cm³/mol. The van der Waals surface area contributed by atoms with Gasteiger partial charge in [-0.25, -0.2) is 4.79 Å². The lowest BCUT2D eigenvalue weighted by atomic mass is 9.85. The van der Waals surface area contributed by atoms with Gasteiger partial charge in [-0.15, -0.1) is 0 Å². The Hall–Kier alpha value is -2.88. The van der Waals surface area contributed by atoms with Crippen molar-refractivity contribution in [2.24, 2.45) is 0 Å². The van der Waals surface area contributed by atoms with Gasteiger partial charge in [0, 0.05) is 23.3 Å². The summed E-state index contributed by atoms with van der Waals surface area (Å²) >= 11 is 0. The fourth-order valence-electron chi connectivity index (χ4n) is 2.88. The van der Waals surface area contributed by atoms with E-state index in [0.29, 0.717) is 16.5 Å². The van der Waals surface area contributed by atoms with Crippen molar-refractivity contribution in [2.75, 3.05) is 0 Å². The summed E-state index contributed by atoms with van der Waals surface area (Å²) in [4.78, 5) is 23.7. The second-order valence-corrected chi connectivity index (χ2v) is 5.52. The van der Waals surface area contributed by atoms with Gasteiger partial charge >= 0.3 is 5.63 Å². The number of aromatic hydroxyl groups is 1. The maximum Gasteiger partial charge on any atom is 0.379 e. The Morgan fingerprint density at radius 2 is 1.74 bits per heavy atom. The van der Waals surface area contributed by atoms with Gasteiger partial charge in [-0.05, 0) is 18.6 Å². The summed E-state index contributed by atoms with van der Waals surface area (Å²) in [6.45, 7) is 1.50. The molecule has 4 heteroatoms. The highest BCUT2D eigenvalue weighted by molar-refractivity contribution is 5.85. The molecule has 0 amide bonds. The summed E-state index contributed by atoms with van der Waals surface area (Å²) in [7, 11) is 0. The molecule has 116 valence electrons. The first-order valence-corrected chi connectivity index (χ1v) is 7.37. The van der Waals surface area contributed by atoms with Crippen LogP contribution in [0.2, 0.25) is 0 Å². The number of carbonyl (C=O) groups is 1. The molecular weight excluding hydrogens is 292 g/mol. The van der Waals surface area contributed by atoms with Crippen LogP contribution in [0, 0.1) is 0 Å². The van der Waals surface area contributed by atoms with Gasteiger partial charge in [-0.2, -0.15) is 0 Å². The minimum Gasteiger partial charge on any atom is -0.502 e. The predicted octanol–water partition coefficient (Wildman–Crippen LogP) is 3.61. The van der Waals surface area contributed by atoms with E-state index in [0.717, 1.165) is 5.56 Å². The smallest absolute Gasteiger partial charge is 0.379 e. The Kier molecular flexibility index (Phi) is 3.98. The first kappa shape index (κ1) is 15.0. The Labute approximate surface area is 133 Å². The van der Waals surface area contributed by atoms with Crippen LogP contribution >= 0.6 is 0 Å². The first-order chi connectivity index (χ1) is 11.1. The molecule has 1 unspecified atom stereocenters. The molecule has 0 bridgehead atoms. The Balaban J connectivity index is 2.32. The van der Waals surface area contributed by atoms with E-state index >= 15 is 0 Å². The van der Waals surface area contributed by atoms with Crippen LogP contribution in [0.3, 0.4) is 0 Å². The van der Waals surface area contributed by atoms with Crippen molar-refractivity contribution in [1.29, 1.82) is 0 Å². The molecule has 0 fully saturated rings. The van der Waals surface area contributed by atoms with E-state index in [1.54, 1.807) is 24.3 Å². The van der Waals surface area contributed by atoms with E-state index in [2.05, 4.69) is 0 Å². The Bertz CT molecular complexity index is 910. The minimum atomic E-state index is -0.789. The zero-order chi connectivity index (χ0) is 16.4. The molecule has 0 aliphatic heterocycles. The van der Waals surface area contributed by atoms with Crippen LogP contribution in [0.4, 0.5) is 0 Å². The lowest BCUT2D eigenvalue weighted by Crippen LogP contribution is -2.11. The molecule has 4 nitrogen and oxygen atoms in total. The van der Waals surface area contributed by atoms with E-state index in [4.69, 9.17) is 4.42 Å². The zero-order valence-corrected chi connectivity index (χ0v) is 12.7. The standard InChI is InChI=1S/C19H16O4/c1-12(20)11-15(13-7-3-2-4-8-13)17-14-9-5-6-10-16(14)23-19(22)18(17)21/h2-10,15,21H,11H2,1H3. The third-order valence-corrected chi connectivity index (χ3v) is 3.87. The number of benzene rings is 2. The minimum absolute atomic E-state index is 0.0180. The third kappa shape index (κ3) is 2.88. The average molecular weight is 308 g/mol. The molecule has 23 heavy (non-hydrogen) atoms. The van der Waals surface area contributed by atoms with Gasteiger partial charge in [0.05, 0.1) is 0 Å².